The summed E-state index contributed by atoms with van der Waals surface area (Å²) in [5, 5.41) is 10.8. The van der Waals surface area contributed by atoms with Gasteiger partial charge in [0.15, 0.2) is 0 Å². The van der Waals surface area contributed by atoms with Gasteiger partial charge in [-0.1, -0.05) is 6.92 Å². The van der Waals surface area contributed by atoms with Crippen LogP contribution in [-0.4, -0.2) is 36.1 Å². The van der Waals surface area contributed by atoms with Gasteiger partial charge in [-0.05, 0) is 19.9 Å². The Labute approximate surface area is 90.0 Å². The van der Waals surface area contributed by atoms with Crippen molar-refractivity contribution < 1.29 is 14.7 Å². The van der Waals surface area contributed by atoms with Gasteiger partial charge in [0, 0.05) is 6.54 Å². The van der Waals surface area contributed by atoms with Crippen LogP contribution in [0.25, 0.3) is 0 Å². The summed E-state index contributed by atoms with van der Waals surface area (Å²) in [5.41, 5.74) is 9.82. The van der Waals surface area contributed by atoms with Crippen molar-refractivity contribution in [3.8, 4) is 0 Å². The summed E-state index contributed by atoms with van der Waals surface area (Å²) in [6, 6.07) is -0.190. The molecule has 15 heavy (non-hydrogen) atoms. The van der Waals surface area contributed by atoms with Crippen molar-refractivity contribution in [3.63, 3.8) is 0 Å². The lowest BCUT2D eigenvalue weighted by molar-refractivity contribution is -0.136. The van der Waals surface area contributed by atoms with Crippen molar-refractivity contribution in [1.29, 1.82) is 0 Å². The van der Waals surface area contributed by atoms with Crippen molar-refractivity contribution >= 4 is 11.9 Å². The Bertz CT molecular complexity index is 185. The van der Waals surface area contributed by atoms with Crippen LogP contribution in [0.2, 0.25) is 0 Å². The van der Waals surface area contributed by atoms with Gasteiger partial charge in [0.25, 0.3) is 0 Å². The molecule has 0 aromatic rings. The largest absolute Gasteiger partial charge is 0.481 e. The summed E-state index contributed by atoms with van der Waals surface area (Å²) in [4.78, 5) is 19.9. The predicted octanol–water partition coefficient (Wildman–Crippen LogP) is -0.720. The number of carboxylic acid groups (broad SMARTS) is 1. The molecule has 6 heteroatoms. The number of hydrogen-bond donors (Lipinski definition) is 4. The fraction of sp³-hybridized carbons (Fsp3) is 0.778. The maximum Gasteiger partial charge on any atom is 0.304 e. The van der Waals surface area contributed by atoms with Crippen molar-refractivity contribution in [3.05, 3.63) is 0 Å². The van der Waals surface area contributed by atoms with E-state index in [-0.39, 0.29) is 24.9 Å². The molecule has 0 aromatic heterocycles. The number of rotatable bonds is 6. The minimum Gasteiger partial charge on any atom is -0.481 e. The number of aliphatic carboxylic acids is 1. The Balaban J connectivity index is 0. The van der Waals surface area contributed by atoms with Gasteiger partial charge in [0.2, 0.25) is 5.91 Å². The topological polar surface area (TPSA) is 118 Å². The summed E-state index contributed by atoms with van der Waals surface area (Å²) in [7, 11) is 0. The van der Waals surface area contributed by atoms with E-state index >= 15 is 0 Å². The van der Waals surface area contributed by atoms with Gasteiger partial charge in [-0.15, -0.1) is 0 Å². The van der Waals surface area contributed by atoms with Crippen LogP contribution in [0.1, 0.15) is 26.7 Å². The Morgan fingerprint density at radius 3 is 2.20 bits per heavy atom. The number of amides is 1. The number of nitrogens with one attached hydrogen (secondary N) is 1. The van der Waals surface area contributed by atoms with Gasteiger partial charge < -0.3 is 21.9 Å². The molecule has 0 aromatic carbocycles. The lowest BCUT2D eigenvalue weighted by Crippen LogP contribution is -2.38. The Kier molecular flexibility index (Phi) is 11.9. The molecule has 0 aliphatic carbocycles. The molecule has 6 N–H and O–H groups in total. The number of carbonyl (C=O) groups is 2. The summed E-state index contributed by atoms with van der Waals surface area (Å²) in [6.45, 7) is 4.89. The molecule has 0 aliphatic rings. The lowest BCUT2D eigenvalue weighted by Gasteiger charge is -2.06. The quantitative estimate of drug-likeness (QED) is 0.470. The van der Waals surface area contributed by atoms with Gasteiger partial charge in [-0.3, -0.25) is 9.59 Å². The first-order valence-corrected chi connectivity index (χ1v) is 4.90. The summed E-state index contributed by atoms with van der Waals surface area (Å²) < 4.78 is 0. The van der Waals surface area contributed by atoms with Crippen LogP contribution >= 0.6 is 0 Å². The summed E-state index contributed by atoms with van der Waals surface area (Å²) in [6.07, 6.45) is 1.09. The first-order chi connectivity index (χ1) is 6.95. The highest BCUT2D eigenvalue weighted by atomic mass is 16.4. The predicted molar refractivity (Wildman–Crippen MR) is 58.3 cm³/mol. The first-order valence-electron chi connectivity index (χ1n) is 4.90. The zero-order valence-electron chi connectivity index (χ0n) is 9.32. The molecule has 6 nitrogen and oxygen atoms in total. The molecule has 0 radical (unpaired) electrons. The molecular weight excluding hydrogens is 198 g/mol. The second-order valence-corrected chi connectivity index (χ2v) is 3.01. The summed E-state index contributed by atoms with van der Waals surface area (Å²) >= 11 is 0. The molecule has 0 aliphatic heterocycles. The Morgan fingerprint density at radius 2 is 2.00 bits per heavy atom. The van der Waals surface area contributed by atoms with Crippen LogP contribution in [0.3, 0.4) is 0 Å². The third-order valence-corrected chi connectivity index (χ3v) is 1.49. The zero-order valence-corrected chi connectivity index (χ0v) is 9.32. The molecule has 1 unspecified atom stereocenters. The van der Waals surface area contributed by atoms with E-state index < -0.39 is 5.97 Å². The van der Waals surface area contributed by atoms with E-state index in [4.69, 9.17) is 16.6 Å². The lowest BCUT2D eigenvalue weighted by atomic mass is 10.3. The highest BCUT2D eigenvalue weighted by Crippen LogP contribution is 1.78. The molecule has 0 heterocycles. The van der Waals surface area contributed by atoms with Crippen LogP contribution in [0.5, 0.6) is 0 Å². The number of carbonyl (C=O) groups excluding carboxylic acids is 1. The molecule has 0 bridgehead atoms. The second kappa shape index (κ2) is 10.9. The number of nitrogens with two attached hydrogens (primary N) is 2. The van der Waals surface area contributed by atoms with Crippen LogP contribution in [0, 0.1) is 0 Å². The first kappa shape index (κ1) is 16.3. The molecule has 0 rings (SSSR count). The fourth-order valence-electron chi connectivity index (χ4n) is 0.585. The Hall–Kier alpha value is -1.14. The van der Waals surface area contributed by atoms with E-state index in [0.29, 0.717) is 0 Å². The molecule has 0 spiro atoms. The van der Waals surface area contributed by atoms with Crippen LogP contribution < -0.4 is 16.8 Å². The number of carboxylic acids is 1. The third kappa shape index (κ3) is 15.6. The van der Waals surface area contributed by atoms with Crippen molar-refractivity contribution in [2.45, 2.75) is 32.7 Å². The standard InChI is InChI=1S/C6H14N2O.C3H7NO2/c1-3-4-8-5(2)6(7)9;4-2-1-3(5)6/h5,8H,3-4H2,1-2H3,(H2,7,9);1-2,4H2,(H,5,6). The normalized spacial score (nSPS) is 11.1. The molecule has 1 atom stereocenters. The molecule has 90 valence electrons. The SMILES string of the molecule is CCCNC(C)C(N)=O.NCCC(=O)O. The van der Waals surface area contributed by atoms with E-state index in [0.717, 1.165) is 13.0 Å². The number of primary amides is 1. The number of hydrogen-bond acceptors (Lipinski definition) is 4. The van der Waals surface area contributed by atoms with Gasteiger partial charge in [-0.2, -0.15) is 0 Å². The van der Waals surface area contributed by atoms with Crippen LogP contribution in [0.4, 0.5) is 0 Å². The average Bonchev–Trinajstić information content (AvgIpc) is 2.14. The van der Waals surface area contributed by atoms with E-state index in [1.807, 2.05) is 6.92 Å². The van der Waals surface area contributed by atoms with E-state index in [9.17, 15) is 9.59 Å². The van der Waals surface area contributed by atoms with Crippen molar-refractivity contribution in [1.82, 2.24) is 5.32 Å². The van der Waals surface area contributed by atoms with Gasteiger partial charge >= 0.3 is 5.97 Å². The maximum absolute atomic E-state index is 10.4. The fourth-order valence-corrected chi connectivity index (χ4v) is 0.585. The molecule has 0 saturated carbocycles. The van der Waals surface area contributed by atoms with E-state index in [1.165, 1.54) is 0 Å². The minimum absolute atomic E-state index is 0.0694. The zero-order chi connectivity index (χ0) is 12.3. The van der Waals surface area contributed by atoms with Crippen LogP contribution in [0.15, 0.2) is 0 Å². The molecule has 1 amide bonds. The summed E-state index contributed by atoms with van der Waals surface area (Å²) in [5.74, 6) is -1.12. The monoisotopic (exact) mass is 219 g/mol. The van der Waals surface area contributed by atoms with E-state index in [2.05, 4.69) is 5.32 Å². The van der Waals surface area contributed by atoms with Gasteiger partial charge in [0.1, 0.15) is 0 Å². The average molecular weight is 219 g/mol. The minimum atomic E-state index is -0.836. The highest BCUT2D eigenvalue weighted by molar-refractivity contribution is 5.79. The Morgan fingerprint density at radius 1 is 1.47 bits per heavy atom. The molecular formula is C9H21N3O3. The highest BCUT2D eigenvalue weighted by Gasteiger charge is 2.04. The molecule has 0 saturated heterocycles. The van der Waals surface area contributed by atoms with E-state index in [1.54, 1.807) is 6.92 Å². The third-order valence-electron chi connectivity index (χ3n) is 1.49. The second-order valence-electron chi connectivity index (χ2n) is 3.01. The van der Waals surface area contributed by atoms with Gasteiger partial charge in [-0.25, -0.2) is 0 Å². The smallest absolute Gasteiger partial charge is 0.304 e. The maximum atomic E-state index is 10.4. The van der Waals surface area contributed by atoms with Crippen LogP contribution in [-0.2, 0) is 9.59 Å². The van der Waals surface area contributed by atoms with Crippen molar-refractivity contribution in [2.75, 3.05) is 13.1 Å². The molecule has 0 fully saturated rings. The van der Waals surface area contributed by atoms with Gasteiger partial charge in [0.05, 0.1) is 12.5 Å². The van der Waals surface area contributed by atoms with Crippen molar-refractivity contribution in [2.24, 2.45) is 11.5 Å².